The SMILES string of the molecule is CC(=O)C=C1CC(C)OC(C)C1.CC1CC(=O)CC(C)O1. The van der Waals surface area contributed by atoms with Crippen molar-refractivity contribution in [2.24, 2.45) is 0 Å². The molecule has 0 aromatic carbocycles. The maximum absolute atomic E-state index is 10.8. The van der Waals surface area contributed by atoms with Crippen LogP contribution in [0.1, 0.15) is 60.3 Å². The molecule has 4 heteroatoms. The van der Waals surface area contributed by atoms with Crippen molar-refractivity contribution in [1.82, 2.24) is 0 Å². The van der Waals surface area contributed by atoms with Crippen LogP contribution in [-0.4, -0.2) is 36.0 Å². The molecule has 2 fully saturated rings. The number of ketones is 2. The van der Waals surface area contributed by atoms with Crippen molar-refractivity contribution in [3.63, 3.8) is 0 Å². The second-order valence-corrected chi connectivity index (χ2v) is 6.28. The third kappa shape index (κ3) is 7.53. The quantitative estimate of drug-likeness (QED) is 0.697. The number of hydrogen-bond acceptors (Lipinski definition) is 4. The molecule has 2 saturated heterocycles. The summed E-state index contributed by atoms with van der Waals surface area (Å²) in [4.78, 5) is 21.6. The minimum absolute atomic E-state index is 0.140. The highest BCUT2D eigenvalue weighted by Gasteiger charge is 2.21. The predicted octanol–water partition coefficient (Wildman–Crippen LogP) is 3.23. The summed E-state index contributed by atoms with van der Waals surface area (Å²) in [6, 6.07) is 0. The topological polar surface area (TPSA) is 52.6 Å². The Kier molecular flexibility index (Phi) is 7.26. The van der Waals surface area contributed by atoms with E-state index in [9.17, 15) is 9.59 Å². The first-order valence-electron chi connectivity index (χ1n) is 7.79. The molecule has 0 N–H and O–H groups in total. The van der Waals surface area contributed by atoms with E-state index in [1.807, 2.05) is 27.7 Å². The van der Waals surface area contributed by atoms with Gasteiger partial charge in [-0.15, -0.1) is 0 Å². The average molecular weight is 296 g/mol. The Hall–Kier alpha value is -1.00. The van der Waals surface area contributed by atoms with Crippen molar-refractivity contribution in [3.8, 4) is 0 Å². The van der Waals surface area contributed by atoms with Crippen LogP contribution in [-0.2, 0) is 19.1 Å². The second kappa shape index (κ2) is 8.44. The monoisotopic (exact) mass is 296 g/mol. The van der Waals surface area contributed by atoms with E-state index in [0.29, 0.717) is 18.6 Å². The molecule has 4 atom stereocenters. The molecule has 0 bridgehead atoms. The van der Waals surface area contributed by atoms with Gasteiger partial charge in [-0.3, -0.25) is 9.59 Å². The van der Waals surface area contributed by atoms with E-state index in [2.05, 4.69) is 0 Å². The number of ether oxygens (including phenoxy) is 2. The Morgan fingerprint density at radius 2 is 1.29 bits per heavy atom. The Morgan fingerprint density at radius 1 is 0.905 bits per heavy atom. The molecule has 2 aliphatic heterocycles. The van der Waals surface area contributed by atoms with E-state index >= 15 is 0 Å². The summed E-state index contributed by atoms with van der Waals surface area (Å²) >= 11 is 0. The zero-order chi connectivity index (χ0) is 16.0. The first-order valence-corrected chi connectivity index (χ1v) is 7.79. The summed E-state index contributed by atoms with van der Waals surface area (Å²) in [5.74, 6) is 0.479. The van der Waals surface area contributed by atoms with E-state index in [-0.39, 0.29) is 30.2 Å². The summed E-state index contributed by atoms with van der Waals surface area (Å²) in [6.07, 6.45) is 5.57. The van der Waals surface area contributed by atoms with Crippen molar-refractivity contribution in [1.29, 1.82) is 0 Å². The molecule has 120 valence electrons. The van der Waals surface area contributed by atoms with Gasteiger partial charge in [0.2, 0.25) is 0 Å². The third-order valence-corrected chi connectivity index (χ3v) is 3.47. The molecule has 0 amide bonds. The lowest BCUT2D eigenvalue weighted by Gasteiger charge is -2.27. The van der Waals surface area contributed by atoms with Crippen LogP contribution in [0.2, 0.25) is 0 Å². The molecule has 0 aromatic heterocycles. The first kappa shape index (κ1) is 18.1. The van der Waals surface area contributed by atoms with Gasteiger partial charge in [-0.05, 0) is 53.5 Å². The molecule has 2 rings (SSSR count). The second-order valence-electron chi connectivity index (χ2n) is 6.28. The molecule has 4 nitrogen and oxygen atoms in total. The highest BCUT2D eigenvalue weighted by Crippen LogP contribution is 2.23. The summed E-state index contributed by atoms with van der Waals surface area (Å²) < 4.78 is 10.9. The molecule has 2 heterocycles. The maximum atomic E-state index is 10.8. The number of rotatable bonds is 1. The number of Topliss-reactive ketones (excluding diaryl/α,β-unsaturated/α-hetero) is 1. The molecule has 2 aliphatic rings. The lowest BCUT2D eigenvalue weighted by atomic mass is 9.98. The number of allylic oxidation sites excluding steroid dienone is 1. The van der Waals surface area contributed by atoms with E-state index in [1.54, 1.807) is 13.0 Å². The first-order chi connectivity index (χ1) is 9.76. The van der Waals surface area contributed by atoms with Gasteiger partial charge in [-0.25, -0.2) is 0 Å². The summed E-state index contributed by atoms with van der Waals surface area (Å²) in [5, 5.41) is 0. The highest BCUT2D eigenvalue weighted by atomic mass is 16.5. The molecule has 4 unspecified atom stereocenters. The maximum Gasteiger partial charge on any atom is 0.152 e. The smallest absolute Gasteiger partial charge is 0.152 e. The van der Waals surface area contributed by atoms with Crippen LogP contribution in [0.5, 0.6) is 0 Å². The van der Waals surface area contributed by atoms with Crippen molar-refractivity contribution in [3.05, 3.63) is 11.6 Å². The van der Waals surface area contributed by atoms with Gasteiger partial charge in [0.1, 0.15) is 5.78 Å². The molecular formula is C17H28O4. The Balaban J connectivity index is 0.000000219. The molecule has 21 heavy (non-hydrogen) atoms. The van der Waals surface area contributed by atoms with E-state index in [0.717, 1.165) is 12.8 Å². The number of carbonyl (C=O) groups is 2. The predicted molar refractivity (Wildman–Crippen MR) is 82.3 cm³/mol. The van der Waals surface area contributed by atoms with E-state index in [1.165, 1.54) is 5.57 Å². The van der Waals surface area contributed by atoms with Crippen molar-refractivity contribution in [2.45, 2.75) is 84.7 Å². The van der Waals surface area contributed by atoms with Gasteiger partial charge < -0.3 is 9.47 Å². The van der Waals surface area contributed by atoms with Gasteiger partial charge in [0, 0.05) is 12.8 Å². The van der Waals surface area contributed by atoms with E-state index < -0.39 is 0 Å². The van der Waals surface area contributed by atoms with Crippen LogP contribution in [0.3, 0.4) is 0 Å². The van der Waals surface area contributed by atoms with Crippen LogP contribution < -0.4 is 0 Å². The van der Waals surface area contributed by atoms with Crippen molar-refractivity contribution in [2.75, 3.05) is 0 Å². The van der Waals surface area contributed by atoms with Gasteiger partial charge in [0.25, 0.3) is 0 Å². The van der Waals surface area contributed by atoms with Gasteiger partial charge in [0.05, 0.1) is 24.4 Å². The standard InChI is InChI=1S/C10H16O2.C7H12O2/c1-7(11)4-10-5-8(2)12-9(3)6-10;1-5-3-7(8)4-6(2)9-5/h4,8-9H,5-6H2,1-3H3;5-6H,3-4H2,1-2H3. The molecule has 0 aliphatic carbocycles. The van der Waals surface area contributed by atoms with Crippen LogP contribution >= 0.6 is 0 Å². The van der Waals surface area contributed by atoms with Crippen LogP contribution in [0.4, 0.5) is 0 Å². The summed E-state index contributed by atoms with van der Waals surface area (Å²) in [5.41, 5.74) is 1.23. The molecule has 0 spiro atoms. The average Bonchev–Trinajstić information content (AvgIpc) is 2.24. The molecule has 0 aromatic rings. The summed E-state index contributed by atoms with van der Waals surface area (Å²) in [6.45, 7) is 9.56. The van der Waals surface area contributed by atoms with Gasteiger partial charge >= 0.3 is 0 Å². The van der Waals surface area contributed by atoms with E-state index in [4.69, 9.17) is 9.47 Å². The third-order valence-electron chi connectivity index (χ3n) is 3.47. The lowest BCUT2D eigenvalue weighted by molar-refractivity contribution is -0.132. The minimum Gasteiger partial charge on any atom is -0.375 e. The lowest BCUT2D eigenvalue weighted by Crippen LogP contribution is -2.28. The fourth-order valence-corrected chi connectivity index (χ4v) is 2.94. The molecule has 0 radical (unpaired) electrons. The largest absolute Gasteiger partial charge is 0.375 e. The van der Waals surface area contributed by atoms with Crippen LogP contribution in [0, 0.1) is 0 Å². The van der Waals surface area contributed by atoms with Crippen molar-refractivity contribution < 1.29 is 19.1 Å². The highest BCUT2D eigenvalue weighted by molar-refractivity contribution is 5.88. The fourth-order valence-electron chi connectivity index (χ4n) is 2.94. The zero-order valence-electron chi connectivity index (χ0n) is 13.8. The van der Waals surface area contributed by atoms with Gasteiger partial charge in [-0.2, -0.15) is 0 Å². The minimum atomic E-state index is 0.140. The van der Waals surface area contributed by atoms with Crippen LogP contribution in [0.15, 0.2) is 11.6 Å². The Morgan fingerprint density at radius 3 is 1.62 bits per heavy atom. The normalized spacial score (nSPS) is 33.0. The van der Waals surface area contributed by atoms with Crippen molar-refractivity contribution >= 4 is 11.6 Å². The summed E-state index contributed by atoms with van der Waals surface area (Å²) in [7, 11) is 0. The van der Waals surface area contributed by atoms with Crippen LogP contribution in [0.25, 0.3) is 0 Å². The van der Waals surface area contributed by atoms with Gasteiger partial charge in [-0.1, -0.05) is 5.57 Å². The number of hydrogen-bond donors (Lipinski definition) is 0. The molecule has 0 saturated carbocycles. The zero-order valence-corrected chi connectivity index (χ0v) is 13.8. The Labute approximate surface area is 127 Å². The van der Waals surface area contributed by atoms with Gasteiger partial charge in [0.15, 0.2) is 5.78 Å². The Bertz CT molecular complexity index is 376. The fraction of sp³-hybridized carbons (Fsp3) is 0.765. The number of carbonyl (C=O) groups excluding carboxylic acids is 2. The molecular weight excluding hydrogens is 268 g/mol.